The molecule has 0 saturated heterocycles. The fourth-order valence-electron chi connectivity index (χ4n) is 1.51. The van der Waals surface area contributed by atoms with Gasteiger partial charge in [-0.1, -0.05) is 35.7 Å². The number of halogens is 1. The Morgan fingerprint density at radius 2 is 2.20 bits per heavy atom. The van der Waals surface area contributed by atoms with E-state index in [2.05, 4.69) is 25.6 Å². The molecule has 106 valence electrons. The molecule has 1 aromatic carbocycles. The molecule has 5 nitrogen and oxygen atoms in total. The van der Waals surface area contributed by atoms with Gasteiger partial charge in [-0.05, 0) is 34.5 Å². The van der Waals surface area contributed by atoms with Gasteiger partial charge in [0, 0.05) is 5.56 Å². The van der Waals surface area contributed by atoms with E-state index < -0.39 is 10.0 Å². The van der Waals surface area contributed by atoms with Crippen LogP contribution in [0.15, 0.2) is 33.1 Å². The van der Waals surface area contributed by atoms with Crippen molar-refractivity contribution in [3.8, 4) is 0 Å². The highest BCUT2D eigenvalue weighted by molar-refractivity contribution is 9.11. The quantitative estimate of drug-likeness (QED) is 0.782. The maximum atomic E-state index is 12.4. The van der Waals surface area contributed by atoms with E-state index in [1.54, 1.807) is 19.1 Å². The van der Waals surface area contributed by atoms with E-state index in [1.165, 1.54) is 23.6 Å². The van der Waals surface area contributed by atoms with Crippen molar-refractivity contribution in [2.24, 2.45) is 5.73 Å². The Balaban J connectivity index is 2.43. The molecule has 0 amide bonds. The average Bonchev–Trinajstić information content (AvgIpc) is 2.73. The third-order valence-corrected chi connectivity index (χ3v) is 5.70. The van der Waals surface area contributed by atoms with Gasteiger partial charge < -0.3 is 5.73 Å². The van der Waals surface area contributed by atoms with E-state index in [1.807, 2.05) is 0 Å². The van der Waals surface area contributed by atoms with Gasteiger partial charge in [-0.25, -0.2) is 13.4 Å². The number of benzene rings is 1. The molecule has 0 saturated carbocycles. The Morgan fingerprint density at radius 1 is 1.50 bits per heavy atom. The summed E-state index contributed by atoms with van der Waals surface area (Å²) in [6.45, 7) is 1.70. The molecular weight excluding hydrogens is 382 g/mol. The summed E-state index contributed by atoms with van der Waals surface area (Å²) in [5.41, 5.74) is 6.64. The number of nitrogens with two attached hydrogens (primary N) is 1. The summed E-state index contributed by atoms with van der Waals surface area (Å²) >= 11 is 9.29. The summed E-state index contributed by atoms with van der Waals surface area (Å²) in [5.74, 6) is 0. The second kappa shape index (κ2) is 5.76. The van der Waals surface area contributed by atoms with Crippen molar-refractivity contribution in [2.75, 3.05) is 4.72 Å². The predicted octanol–water partition coefficient (Wildman–Crippen LogP) is 2.65. The molecule has 0 aliphatic heterocycles. The lowest BCUT2D eigenvalue weighted by molar-refractivity contribution is 0.600. The van der Waals surface area contributed by atoms with E-state index in [-0.39, 0.29) is 15.0 Å². The zero-order chi connectivity index (χ0) is 14.9. The summed E-state index contributed by atoms with van der Waals surface area (Å²) < 4.78 is 27.9. The van der Waals surface area contributed by atoms with E-state index in [4.69, 9.17) is 18.0 Å². The minimum Gasteiger partial charge on any atom is -0.389 e. The molecule has 0 bridgehead atoms. The standard InChI is InChI=1S/C11H10BrN3O2S3/c1-6-2-3-7(10(13)18)4-8(6)20(16,17)15-11-14-5-9(12)19-11/h2-5H,1H3,(H2,13,18)(H,14,15). The summed E-state index contributed by atoms with van der Waals surface area (Å²) in [7, 11) is -3.72. The maximum Gasteiger partial charge on any atom is 0.263 e. The Morgan fingerprint density at radius 3 is 2.75 bits per heavy atom. The third-order valence-electron chi connectivity index (χ3n) is 2.46. The van der Waals surface area contributed by atoms with Crippen LogP contribution in [-0.2, 0) is 10.0 Å². The highest BCUT2D eigenvalue weighted by Crippen LogP contribution is 2.26. The van der Waals surface area contributed by atoms with Gasteiger partial charge in [0.05, 0.1) is 14.9 Å². The van der Waals surface area contributed by atoms with Crippen LogP contribution in [0, 0.1) is 6.92 Å². The van der Waals surface area contributed by atoms with Crippen molar-refractivity contribution in [1.29, 1.82) is 0 Å². The van der Waals surface area contributed by atoms with Gasteiger partial charge in [0.1, 0.15) is 4.99 Å². The molecule has 2 rings (SSSR count). The second-order valence-electron chi connectivity index (χ2n) is 3.92. The maximum absolute atomic E-state index is 12.4. The van der Waals surface area contributed by atoms with Crippen LogP contribution >= 0.6 is 39.5 Å². The number of rotatable bonds is 4. The first-order valence-electron chi connectivity index (χ1n) is 5.34. The molecule has 0 aliphatic rings. The number of nitrogens with one attached hydrogen (secondary N) is 1. The fraction of sp³-hybridized carbons (Fsp3) is 0.0909. The van der Waals surface area contributed by atoms with Gasteiger partial charge in [0.15, 0.2) is 5.13 Å². The fourth-order valence-corrected chi connectivity index (χ4v) is 4.26. The summed E-state index contributed by atoms with van der Waals surface area (Å²) in [4.78, 5) is 4.23. The zero-order valence-corrected chi connectivity index (χ0v) is 14.3. The molecule has 0 atom stereocenters. The number of hydrogen-bond acceptors (Lipinski definition) is 5. The SMILES string of the molecule is Cc1ccc(C(N)=S)cc1S(=O)(=O)Nc1ncc(Br)s1. The van der Waals surface area contributed by atoms with Crippen molar-refractivity contribution < 1.29 is 8.42 Å². The van der Waals surface area contributed by atoms with Gasteiger partial charge in [0.25, 0.3) is 10.0 Å². The second-order valence-corrected chi connectivity index (χ2v) is 8.42. The van der Waals surface area contributed by atoms with Crippen LogP contribution in [-0.4, -0.2) is 18.4 Å². The number of hydrogen-bond donors (Lipinski definition) is 2. The molecule has 3 N–H and O–H groups in total. The van der Waals surface area contributed by atoms with Crippen molar-refractivity contribution in [2.45, 2.75) is 11.8 Å². The minimum atomic E-state index is -3.72. The lowest BCUT2D eigenvalue weighted by atomic mass is 10.1. The summed E-state index contributed by atoms with van der Waals surface area (Å²) in [5, 5.41) is 0.289. The molecule has 2 aromatic rings. The molecule has 0 spiro atoms. The van der Waals surface area contributed by atoms with Crippen molar-refractivity contribution in [3.05, 3.63) is 39.3 Å². The Hall–Kier alpha value is -1.03. The van der Waals surface area contributed by atoms with E-state index in [0.717, 1.165) is 3.79 Å². The number of thiazole rings is 1. The van der Waals surface area contributed by atoms with Gasteiger partial charge in [0.2, 0.25) is 0 Å². The monoisotopic (exact) mass is 391 g/mol. The number of thiocarbonyl (C=S) groups is 1. The van der Waals surface area contributed by atoms with Gasteiger partial charge in [-0.3, -0.25) is 4.72 Å². The molecule has 1 heterocycles. The van der Waals surface area contributed by atoms with E-state index in [9.17, 15) is 8.42 Å². The van der Waals surface area contributed by atoms with Crippen LogP contribution in [0.1, 0.15) is 11.1 Å². The van der Waals surface area contributed by atoms with Gasteiger partial charge in [-0.15, -0.1) is 0 Å². The molecular formula is C11H10BrN3O2S3. The number of aromatic nitrogens is 1. The van der Waals surface area contributed by atoms with Crippen molar-refractivity contribution in [3.63, 3.8) is 0 Å². The molecule has 0 fully saturated rings. The number of aryl methyl sites for hydroxylation is 1. The first-order chi connectivity index (χ1) is 9.29. The molecule has 9 heteroatoms. The Labute approximate surface area is 134 Å². The number of nitrogens with zero attached hydrogens (tertiary/aromatic N) is 1. The summed E-state index contributed by atoms with van der Waals surface area (Å²) in [6.07, 6.45) is 1.53. The van der Waals surface area contributed by atoms with Crippen LogP contribution < -0.4 is 10.5 Å². The highest BCUT2D eigenvalue weighted by Gasteiger charge is 2.19. The zero-order valence-electron chi connectivity index (χ0n) is 10.3. The largest absolute Gasteiger partial charge is 0.389 e. The van der Waals surface area contributed by atoms with E-state index in [0.29, 0.717) is 11.1 Å². The Kier molecular flexibility index (Phi) is 4.43. The van der Waals surface area contributed by atoms with Gasteiger partial charge in [-0.2, -0.15) is 0 Å². The smallest absolute Gasteiger partial charge is 0.263 e. The van der Waals surface area contributed by atoms with Gasteiger partial charge >= 0.3 is 0 Å². The van der Waals surface area contributed by atoms with Crippen LogP contribution in [0.4, 0.5) is 5.13 Å². The average molecular weight is 392 g/mol. The summed E-state index contributed by atoms with van der Waals surface area (Å²) in [6, 6.07) is 4.82. The predicted molar refractivity (Wildman–Crippen MR) is 87.7 cm³/mol. The molecule has 20 heavy (non-hydrogen) atoms. The third kappa shape index (κ3) is 3.35. The first kappa shape index (κ1) is 15.4. The molecule has 0 radical (unpaired) electrons. The number of sulfonamides is 1. The van der Waals surface area contributed by atoms with Crippen molar-refractivity contribution in [1.82, 2.24) is 4.98 Å². The molecule has 0 aliphatic carbocycles. The first-order valence-corrected chi connectivity index (χ1v) is 8.84. The number of anilines is 1. The van der Waals surface area contributed by atoms with E-state index >= 15 is 0 Å². The molecule has 1 aromatic heterocycles. The topological polar surface area (TPSA) is 85.1 Å². The minimum absolute atomic E-state index is 0.133. The lowest BCUT2D eigenvalue weighted by Crippen LogP contribution is -2.16. The Bertz CT molecular complexity index is 771. The van der Waals surface area contributed by atoms with Crippen LogP contribution in [0.2, 0.25) is 0 Å². The van der Waals surface area contributed by atoms with Crippen LogP contribution in [0.5, 0.6) is 0 Å². The van der Waals surface area contributed by atoms with Crippen LogP contribution in [0.3, 0.4) is 0 Å². The molecule has 0 unspecified atom stereocenters. The van der Waals surface area contributed by atoms with Crippen LogP contribution in [0.25, 0.3) is 0 Å². The van der Waals surface area contributed by atoms with Crippen molar-refractivity contribution >= 4 is 59.6 Å². The highest BCUT2D eigenvalue weighted by atomic mass is 79.9. The lowest BCUT2D eigenvalue weighted by Gasteiger charge is -2.09. The normalized spacial score (nSPS) is 11.3.